The van der Waals surface area contributed by atoms with Crippen LogP contribution in [0.4, 0.5) is 0 Å². The quantitative estimate of drug-likeness (QED) is 0.462. The van der Waals surface area contributed by atoms with E-state index in [2.05, 4.69) is 29.5 Å². The fraction of sp³-hybridized carbons (Fsp3) is 0.583. The maximum Gasteiger partial charge on any atom is 0.0571 e. The first kappa shape index (κ1) is 11.0. The highest BCUT2D eigenvalue weighted by molar-refractivity contribution is 5.83. The van der Waals surface area contributed by atoms with E-state index in [1.54, 1.807) is 0 Å². The second kappa shape index (κ2) is 7.36. The molecule has 78 valence electrons. The van der Waals surface area contributed by atoms with Crippen molar-refractivity contribution < 1.29 is 5.21 Å². The number of hydrogen-bond donors (Lipinski definition) is 1. The zero-order valence-corrected chi connectivity index (χ0v) is 8.65. The molecule has 1 aliphatic carbocycles. The van der Waals surface area contributed by atoms with Gasteiger partial charge in [0.25, 0.3) is 0 Å². The first-order valence-corrected chi connectivity index (χ1v) is 5.45. The Morgan fingerprint density at radius 2 is 1.57 bits per heavy atom. The summed E-state index contributed by atoms with van der Waals surface area (Å²) >= 11 is 0. The molecular formula is C12H19NO. The third kappa shape index (κ3) is 4.85. The molecule has 1 rings (SSSR count). The van der Waals surface area contributed by atoms with Gasteiger partial charge in [0.2, 0.25) is 0 Å². The van der Waals surface area contributed by atoms with Gasteiger partial charge < -0.3 is 5.21 Å². The molecule has 0 saturated heterocycles. The van der Waals surface area contributed by atoms with Crippen molar-refractivity contribution in [2.75, 3.05) is 0 Å². The Morgan fingerprint density at radius 3 is 2.29 bits per heavy atom. The number of nitrogens with zero attached hydrogens (tertiary/aromatic N) is 1. The summed E-state index contributed by atoms with van der Waals surface area (Å²) in [4.78, 5) is 0. The highest BCUT2D eigenvalue weighted by atomic mass is 16.4. The Labute approximate surface area is 86.0 Å². The van der Waals surface area contributed by atoms with E-state index in [1.165, 1.54) is 6.42 Å². The molecule has 0 amide bonds. The van der Waals surface area contributed by atoms with Gasteiger partial charge in [0, 0.05) is 0 Å². The molecule has 2 nitrogen and oxygen atoms in total. The number of rotatable bonds is 0. The van der Waals surface area contributed by atoms with Gasteiger partial charge in [-0.2, -0.15) is 0 Å². The van der Waals surface area contributed by atoms with Crippen molar-refractivity contribution in [3.05, 3.63) is 24.3 Å². The minimum absolute atomic E-state index is 0.935. The van der Waals surface area contributed by atoms with Crippen LogP contribution in [0.3, 0.4) is 0 Å². The van der Waals surface area contributed by atoms with E-state index in [0.717, 1.165) is 44.2 Å². The molecule has 0 heterocycles. The zero-order chi connectivity index (χ0) is 10.1. The average molecular weight is 193 g/mol. The van der Waals surface area contributed by atoms with Gasteiger partial charge in [-0.05, 0) is 44.9 Å². The van der Waals surface area contributed by atoms with E-state index in [1.807, 2.05) is 0 Å². The molecule has 14 heavy (non-hydrogen) atoms. The van der Waals surface area contributed by atoms with Gasteiger partial charge in [0.1, 0.15) is 0 Å². The molecule has 0 radical (unpaired) electrons. The molecule has 0 aromatic rings. The maximum atomic E-state index is 8.75. The fourth-order valence-corrected chi connectivity index (χ4v) is 1.59. The van der Waals surface area contributed by atoms with Gasteiger partial charge in [0.15, 0.2) is 0 Å². The molecule has 1 aliphatic rings. The minimum Gasteiger partial charge on any atom is -0.411 e. The van der Waals surface area contributed by atoms with Crippen LogP contribution < -0.4 is 0 Å². The molecule has 0 aromatic heterocycles. The van der Waals surface area contributed by atoms with Crippen molar-refractivity contribution in [3.63, 3.8) is 0 Å². The lowest BCUT2D eigenvalue weighted by atomic mass is 10.0. The van der Waals surface area contributed by atoms with E-state index >= 15 is 0 Å². The average Bonchev–Trinajstić information content (AvgIpc) is 2.19. The summed E-state index contributed by atoms with van der Waals surface area (Å²) in [5.74, 6) is 0. The third-order valence-electron chi connectivity index (χ3n) is 2.45. The van der Waals surface area contributed by atoms with Crippen LogP contribution in [0.25, 0.3) is 0 Å². The molecule has 1 N–H and O–H groups in total. The number of allylic oxidation sites excluding steroid dienone is 4. The van der Waals surface area contributed by atoms with Crippen LogP contribution in [0.2, 0.25) is 0 Å². The standard InChI is InChI=1S/C12H19NO/c14-13-12-10-8-6-4-2-1-3-5-7-9-11-12/h1-4,14H,5-11H2/b3-1-,4-2+,13-12-. The minimum atomic E-state index is 0.935. The van der Waals surface area contributed by atoms with Crippen LogP contribution >= 0.6 is 0 Å². The Balaban J connectivity index is 2.40. The lowest BCUT2D eigenvalue weighted by Crippen LogP contribution is -1.98. The largest absolute Gasteiger partial charge is 0.411 e. The summed E-state index contributed by atoms with van der Waals surface area (Å²) in [6, 6.07) is 0. The van der Waals surface area contributed by atoms with Gasteiger partial charge in [-0.25, -0.2) is 0 Å². The first-order chi connectivity index (χ1) is 6.93. The predicted octanol–water partition coefficient (Wildman–Crippen LogP) is 3.67. The summed E-state index contributed by atoms with van der Waals surface area (Å²) in [5.41, 5.74) is 0.961. The Kier molecular flexibility index (Phi) is 5.80. The normalized spacial score (nSPS) is 27.6. The summed E-state index contributed by atoms with van der Waals surface area (Å²) < 4.78 is 0. The van der Waals surface area contributed by atoms with Crippen LogP contribution in [-0.2, 0) is 0 Å². The fourth-order valence-electron chi connectivity index (χ4n) is 1.59. The summed E-state index contributed by atoms with van der Waals surface area (Å²) in [7, 11) is 0. The monoisotopic (exact) mass is 193 g/mol. The van der Waals surface area contributed by atoms with Crippen molar-refractivity contribution in [1.29, 1.82) is 0 Å². The number of oxime groups is 1. The van der Waals surface area contributed by atoms with Crippen molar-refractivity contribution in [3.8, 4) is 0 Å². The second-order valence-corrected chi connectivity index (χ2v) is 3.66. The topological polar surface area (TPSA) is 32.6 Å². The van der Waals surface area contributed by atoms with Crippen LogP contribution in [-0.4, -0.2) is 10.9 Å². The van der Waals surface area contributed by atoms with Gasteiger partial charge in [-0.3, -0.25) is 0 Å². The molecule has 0 bridgehead atoms. The summed E-state index contributed by atoms with van der Waals surface area (Å²) in [6.07, 6.45) is 16.1. The van der Waals surface area contributed by atoms with E-state index in [-0.39, 0.29) is 0 Å². The van der Waals surface area contributed by atoms with E-state index in [9.17, 15) is 0 Å². The predicted molar refractivity (Wildman–Crippen MR) is 59.8 cm³/mol. The molecule has 0 spiro atoms. The zero-order valence-electron chi connectivity index (χ0n) is 8.65. The van der Waals surface area contributed by atoms with Gasteiger partial charge in [-0.1, -0.05) is 29.5 Å². The van der Waals surface area contributed by atoms with E-state index < -0.39 is 0 Å². The summed E-state index contributed by atoms with van der Waals surface area (Å²) in [5, 5.41) is 12.1. The highest BCUT2D eigenvalue weighted by Crippen LogP contribution is 2.09. The number of hydrogen-bond acceptors (Lipinski definition) is 2. The lowest BCUT2D eigenvalue weighted by Gasteiger charge is -2.03. The van der Waals surface area contributed by atoms with Crippen LogP contribution in [0, 0.1) is 0 Å². The van der Waals surface area contributed by atoms with Crippen molar-refractivity contribution >= 4 is 5.71 Å². The SMILES string of the molecule is O/N=C1/CCC/C=C/C=C\CCCC1. The lowest BCUT2D eigenvalue weighted by molar-refractivity contribution is 0.315. The van der Waals surface area contributed by atoms with Gasteiger partial charge in [0.05, 0.1) is 5.71 Å². The molecule has 2 heteroatoms. The molecule has 0 unspecified atom stereocenters. The van der Waals surface area contributed by atoms with Crippen molar-refractivity contribution in [2.45, 2.75) is 44.9 Å². The van der Waals surface area contributed by atoms with Crippen LogP contribution in [0.15, 0.2) is 29.5 Å². The van der Waals surface area contributed by atoms with Crippen LogP contribution in [0.1, 0.15) is 44.9 Å². The second-order valence-electron chi connectivity index (χ2n) is 3.66. The van der Waals surface area contributed by atoms with Crippen molar-refractivity contribution in [1.82, 2.24) is 0 Å². The van der Waals surface area contributed by atoms with E-state index in [4.69, 9.17) is 5.21 Å². The van der Waals surface area contributed by atoms with Gasteiger partial charge in [-0.15, -0.1) is 0 Å². The Hall–Kier alpha value is -1.05. The molecule has 0 atom stereocenters. The molecule has 0 aromatic carbocycles. The van der Waals surface area contributed by atoms with Crippen LogP contribution in [0.5, 0.6) is 0 Å². The molecule has 0 saturated carbocycles. The molecule has 0 fully saturated rings. The molecule has 0 aliphatic heterocycles. The summed E-state index contributed by atoms with van der Waals surface area (Å²) in [6.45, 7) is 0. The highest BCUT2D eigenvalue weighted by Gasteiger charge is 1.99. The van der Waals surface area contributed by atoms with E-state index in [0.29, 0.717) is 0 Å². The molecular weight excluding hydrogens is 174 g/mol. The van der Waals surface area contributed by atoms with Gasteiger partial charge >= 0.3 is 0 Å². The smallest absolute Gasteiger partial charge is 0.0571 e. The Morgan fingerprint density at radius 1 is 0.929 bits per heavy atom. The Bertz CT molecular complexity index is 228. The third-order valence-corrected chi connectivity index (χ3v) is 2.45. The first-order valence-electron chi connectivity index (χ1n) is 5.45. The van der Waals surface area contributed by atoms with Crippen molar-refractivity contribution in [2.24, 2.45) is 5.16 Å². The maximum absolute atomic E-state index is 8.75.